The van der Waals surface area contributed by atoms with Gasteiger partial charge in [0.25, 0.3) is 0 Å². The van der Waals surface area contributed by atoms with Crippen LogP contribution in [-0.4, -0.2) is 22.6 Å². The van der Waals surface area contributed by atoms with Crippen LogP contribution in [0.2, 0.25) is 0 Å². The second kappa shape index (κ2) is 5.78. The third kappa shape index (κ3) is 3.08. The van der Waals surface area contributed by atoms with Crippen LogP contribution in [0.3, 0.4) is 0 Å². The summed E-state index contributed by atoms with van der Waals surface area (Å²) in [6.45, 7) is 0. The molecule has 2 atom stereocenters. The number of ketones is 2. The molecule has 1 saturated carbocycles. The first kappa shape index (κ1) is 13.5. The zero-order valence-corrected chi connectivity index (χ0v) is 10.5. The molecule has 0 bridgehead atoms. The van der Waals surface area contributed by atoms with E-state index in [1.807, 2.05) is 0 Å². The van der Waals surface area contributed by atoms with Crippen LogP contribution in [0.5, 0.6) is 0 Å². The summed E-state index contributed by atoms with van der Waals surface area (Å²) in [4.78, 5) is 35.0. The Bertz CT molecular complexity index is 492. The maximum absolute atomic E-state index is 12.0. The number of carboxylic acids is 1. The topological polar surface area (TPSA) is 71.4 Å². The van der Waals surface area contributed by atoms with Crippen LogP contribution >= 0.6 is 0 Å². The minimum atomic E-state index is -1.05. The van der Waals surface area contributed by atoms with Crippen LogP contribution in [-0.2, 0) is 9.59 Å². The van der Waals surface area contributed by atoms with Gasteiger partial charge in [0.2, 0.25) is 0 Å². The third-order valence-electron chi connectivity index (χ3n) is 3.66. The number of aliphatic carboxylic acids is 1. The van der Waals surface area contributed by atoms with Crippen LogP contribution < -0.4 is 0 Å². The van der Waals surface area contributed by atoms with Crippen LogP contribution in [0.1, 0.15) is 36.0 Å². The Morgan fingerprint density at radius 2 is 1.95 bits per heavy atom. The highest BCUT2D eigenvalue weighted by Gasteiger charge is 2.37. The molecule has 19 heavy (non-hydrogen) atoms. The highest BCUT2D eigenvalue weighted by atomic mass is 16.4. The molecule has 2 unspecified atom stereocenters. The smallest absolute Gasteiger partial charge is 0.307 e. The maximum Gasteiger partial charge on any atom is 0.307 e. The Labute approximate surface area is 111 Å². The molecule has 4 heteroatoms. The first-order valence-corrected chi connectivity index (χ1v) is 6.43. The van der Waals surface area contributed by atoms with Crippen LogP contribution in [0.25, 0.3) is 0 Å². The number of rotatable bonds is 5. The molecule has 100 valence electrons. The van der Waals surface area contributed by atoms with Crippen molar-refractivity contribution in [2.45, 2.75) is 25.7 Å². The molecular formula is C15H16O4. The molecule has 1 fully saturated rings. The molecule has 1 N–H and O–H groups in total. The lowest BCUT2D eigenvalue weighted by atomic mass is 9.85. The Morgan fingerprint density at radius 3 is 2.47 bits per heavy atom. The number of carboxylic acid groups (broad SMARTS) is 1. The van der Waals surface area contributed by atoms with Crippen molar-refractivity contribution in [1.82, 2.24) is 0 Å². The summed E-state index contributed by atoms with van der Waals surface area (Å²) >= 11 is 0. The van der Waals surface area contributed by atoms with E-state index >= 15 is 0 Å². The number of hydrogen-bond donors (Lipinski definition) is 1. The van der Waals surface area contributed by atoms with E-state index in [0.717, 1.165) is 6.42 Å². The molecule has 1 aliphatic carbocycles. The van der Waals surface area contributed by atoms with Crippen molar-refractivity contribution in [1.29, 1.82) is 0 Å². The van der Waals surface area contributed by atoms with Crippen molar-refractivity contribution in [2.75, 3.05) is 0 Å². The van der Waals surface area contributed by atoms with E-state index in [1.54, 1.807) is 30.3 Å². The summed E-state index contributed by atoms with van der Waals surface area (Å²) in [6.07, 6.45) is 1.65. The zero-order chi connectivity index (χ0) is 13.8. The van der Waals surface area contributed by atoms with Gasteiger partial charge in [0, 0.05) is 24.3 Å². The quantitative estimate of drug-likeness (QED) is 0.825. The lowest BCUT2D eigenvalue weighted by molar-refractivity contribution is -0.146. The molecule has 0 amide bonds. The van der Waals surface area contributed by atoms with Gasteiger partial charge in [-0.15, -0.1) is 0 Å². The Kier molecular flexibility index (Phi) is 4.10. The predicted octanol–water partition coefficient (Wildman–Crippen LogP) is 2.33. The fourth-order valence-electron chi connectivity index (χ4n) is 2.61. The summed E-state index contributed by atoms with van der Waals surface area (Å²) in [5, 5.41) is 9.24. The average Bonchev–Trinajstić information content (AvgIpc) is 2.82. The molecule has 1 aliphatic rings. The average molecular weight is 260 g/mol. The van der Waals surface area contributed by atoms with Gasteiger partial charge >= 0.3 is 5.97 Å². The molecule has 0 saturated heterocycles. The first-order valence-electron chi connectivity index (χ1n) is 6.43. The molecule has 0 radical (unpaired) electrons. The van der Waals surface area contributed by atoms with Crippen molar-refractivity contribution < 1.29 is 19.5 Å². The van der Waals surface area contributed by atoms with E-state index < -0.39 is 17.8 Å². The van der Waals surface area contributed by atoms with Crippen LogP contribution in [0, 0.1) is 11.8 Å². The number of carbonyl (C=O) groups excluding carboxylic acids is 2. The number of benzene rings is 1. The molecule has 0 aromatic heterocycles. The third-order valence-corrected chi connectivity index (χ3v) is 3.66. The number of hydrogen-bond acceptors (Lipinski definition) is 3. The molecule has 2 rings (SSSR count). The summed E-state index contributed by atoms with van der Waals surface area (Å²) in [5.74, 6) is -2.67. The molecule has 1 aromatic carbocycles. The summed E-state index contributed by atoms with van der Waals surface area (Å²) < 4.78 is 0. The highest BCUT2D eigenvalue weighted by Crippen LogP contribution is 2.31. The van der Waals surface area contributed by atoms with E-state index in [1.165, 1.54) is 0 Å². The van der Waals surface area contributed by atoms with E-state index in [9.17, 15) is 19.5 Å². The van der Waals surface area contributed by atoms with Gasteiger partial charge in [-0.3, -0.25) is 14.4 Å². The second-order valence-corrected chi connectivity index (χ2v) is 4.90. The Balaban J connectivity index is 2.11. The minimum Gasteiger partial charge on any atom is -0.481 e. The highest BCUT2D eigenvalue weighted by molar-refractivity contribution is 5.99. The van der Waals surface area contributed by atoms with E-state index in [4.69, 9.17) is 0 Å². The van der Waals surface area contributed by atoms with Crippen LogP contribution in [0.4, 0.5) is 0 Å². The minimum absolute atomic E-state index is 0.0201. The normalized spacial score (nSPS) is 20.2. The Hall–Kier alpha value is -1.97. The number of Topliss-reactive ketones (excluding diaryl/α,β-unsaturated/α-hetero) is 2. The Morgan fingerprint density at radius 1 is 1.26 bits per heavy atom. The molecule has 0 aliphatic heterocycles. The first-order chi connectivity index (χ1) is 9.09. The zero-order valence-electron chi connectivity index (χ0n) is 10.5. The van der Waals surface area contributed by atoms with Crippen molar-refractivity contribution in [3.63, 3.8) is 0 Å². The standard InChI is InChI=1S/C15H16O4/c16-13-8-4-7-11(13)12(15(18)19)9-14(17)10-5-2-1-3-6-10/h1-3,5-6,11-12H,4,7-9H2,(H,18,19). The van der Waals surface area contributed by atoms with Gasteiger partial charge < -0.3 is 5.11 Å². The van der Waals surface area contributed by atoms with E-state index in [2.05, 4.69) is 0 Å². The lowest BCUT2D eigenvalue weighted by Gasteiger charge is -2.17. The molecule has 0 spiro atoms. The lowest BCUT2D eigenvalue weighted by Crippen LogP contribution is -2.28. The SMILES string of the molecule is O=C(CC(C(=O)O)C1CCCC1=O)c1ccccc1. The van der Waals surface area contributed by atoms with Gasteiger partial charge in [-0.1, -0.05) is 30.3 Å². The fourth-order valence-corrected chi connectivity index (χ4v) is 2.61. The molecule has 4 nitrogen and oxygen atoms in total. The predicted molar refractivity (Wildman–Crippen MR) is 68.9 cm³/mol. The van der Waals surface area contributed by atoms with Crippen LogP contribution in [0.15, 0.2) is 30.3 Å². The fraction of sp³-hybridized carbons (Fsp3) is 0.400. The van der Waals surface area contributed by atoms with Gasteiger partial charge in [0.05, 0.1) is 5.92 Å². The van der Waals surface area contributed by atoms with Gasteiger partial charge in [0.15, 0.2) is 5.78 Å². The maximum atomic E-state index is 12.0. The number of carbonyl (C=O) groups is 3. The molecule has 0 heterocycles. The van der Waals surface area contributed by atoms with Crippen molar-refractivity contribution >= 4 is 17.5 Å². The molecule has 1 aromatic rings. The van der Waals surface area contributed by atoms with E-state index in [0.29, 0.717) is 18.4 Å². The molecular weight excluding hydrogens is 244 g/mol. The summed E-state index contributed by atoms with van der Waals surface area (Å²) in [7, 11) is 0. The summed E-state index contributed by atoms with van der Waals surface area (Å²) in [6, 6.07) is 8.61. The van der Waals surface area contributed by atoms with E-state index in [-0.39, 0.29) is 18.0 Å². The van der Waals surface area contributed by atoms with Gasteiger partial charge in [-0.25, -0.2) is 0 Å². The van der Waals surface area contributed by atoms with Gasteiger partial charge in [0.1, 0.15) is 5.78 Å². The summed E-state index contributed by atoms with van der Waals surface area (Å²) in [5.41, 5.74) is 0.499. The van der Waals surface area contributed by atoms with Crippen molar-refractivity contribution in [3.8, 4) is 0 Å². The monoisotopic (exact) mass is 260 g/mol. The van der Waals surface area contributed by atoms with Gasteiger partial charge in [-0.05, 0) is 12.8 Å². The van der Waals surface area contributed by atoms with Crippen molar-refractivity contribution in [3.05, 3.63) is 35.9 Å². The second-order valence-electron chi connectivity index (χ2n) is 4.90. The largest absolute Gasteiger partial charge is 0.481 e. The van der Waals surface area contributed by atoms with Gasteiger partial charge in [-0.2, -0.15) is 0 Å². The van der Waals surface area contributed by atoms with Crippen molar-refractivity contribution in [2.24, 2.45) is 11.8 Å².